The average Bonchev–Trinajstić information content (AvgIpc) is 2.98. The van der Waals surface area contributed by atoms with E-state index in [9.17, 15) is 4.79 Å². The fourth-order valence-electron chi connectivity index (χ4n) is 1.48. The van der Waals surface area contributed by atoms with Gasteiger partial charge in [0.05, 0.1) is 5.69 Å². The zero-order chi connectivity index (χ0) is 11.9. The lowest BCUT2D eigenvalue weighted by Crippen LogP contribution is -2.17. The Morgan fingerprint density at radius 2 is 2.00 bits per heavy atom. The predicted octanol–water partition coefficient (Wildman–Crippen LogP) is 2.35. The van der Waals surface area contributed by atoms with Gasteiger partial charge in [-0.3, -0.25) is 0 Å². The molecule has 0 aromatic carbocycles. The number of carboxylic acids is 1. The molecule has 0 spiro atoms. The van der Waals surface area contributed by atoms with Gasteiger partial charge in [0.2, 0.25) is 0 Å². The van der Waals surface area contributed by atoms with Crippen molar-refractivity contribution in [1.82, 2.24) is 9.97 Å². The highest BCUT2D eigenvalue weighted by Crippen LogP contribution is 2.38. The Balaban J connectivity index is 2.48. The van der Waals surface area contributed by atoms with Crippen molar-refractivity contribution < 1.29 is 9.90 Å². The van der Waals surface area contributed by atoms with Gasteiger partial charge in [-0.1, -0.05) is 20.8 Å². The van der Waals surface area contributed by atoms with E-state index in [0.29, 0.717) is 11.7 Å². The van der Waals surface area contributed by atoms with E-state index in [1.165, 1.54) is 0 Å². The Morgan fingerprint density at radius 3 is 2.44 bits per heavy atom. The van der Waals surface area contributed by atoms with E-state index in [1.54, 1.807) is 6.07 Å². The monoisotopic (exact) mass is 220 g/mol. The topological polar surface area (TPSA) is 63.1 Å². The standard InChI is InChI=1S/C12H16N2O2/c1-12(2,3)9-6-8(11(15)16)13-10(14-9)7-4-5-7/h6-7H,4-5H2,1-3H3,(H,15,16). The highest BCUT2D eigenvalue weighted by molar-refractivity contribution is 5.85. The summed E-state index contributed by atoms with van der Waals surface area (Å²) in [6.45, 7) is 6.08. The first-order valence-electron chi connectivity index (χ1n) is 5.50. The van der Waals surface area contributed by atoms with Crippen molar-refractivity contribution in [3.63, 3.8) is 0 Å². The fraction of sp³-hybridized carbons (Fsp3) is 0.583. The van der Waals surface area contributed by atoms with Crippen LogP contribution in [0, 0.1) is 0 Å². The Bertz CT molecular complexity index is 431. The number of rotatable bonds is 2. The normalized spacial score (nSPS) is 16.2. The highest BCUT2D eigenvalue weighted by Gasteiger charge is 2.29. The Hall–Kier alpha value is -1.45. The summed E-state index contributed by atoms with van der Waals surface area (Å²) in [5.41, 5.74) is 0.778. The molecule has 0 atom stereocenters. The molecule has 4 heteroatoms. The van der Waals surface area contributed by atoms with Crippen molar-refractivity contribution in [1.29, 1.82) is 0 Å². The van der Waals surface area contributed by atoms with Gasteiger partial charge in [-0.15, -0.1) is 0 Å². The largest absolute Gasteiger partial charge is 0.477 e. The van der Waals surface area contributed by atoms with Crippen LogP contribution in [0.25, 0.3) is 0 Å². The van der Waals surface area contributed by atoms with Gasteiger partial charge >= 0.3 is 5.97 Å². The number of nitrogens with zero attached hydrogens (tertiary/aromatic N) is 2. The summed E-state index contributed by atoms with van der Waals surface area (Å²) in [4.78, 5) is 19.6. The third-order valence-electron chi connectivity index (χ3n) is 2.67. The van der Waals surface area contributed by atoms with Crippen molar-refractivity contribution in [2.75, 3.05) is 0 Å². The third kappa shape index (κ3) is 2.21. The van der Waals surface area contributed by atoms with E-state index in [0.717, 1.165) is 18.5 Å². The minimum atomic E-state index is -0.977. The van der Waals surface area contributed by atoms with Gasteiger partial charge in [0, 0.05) is 11.3 Å². The maximum atomic E-state index is 11.0. The molecule has 16 heavy (non-hydrogen) atoms. The maximum absolute atomic E-state index is 11.0. The first kappa shape index (κ1) is 11.0. The van der Waals surface area contributed by atoms with Crippen LogP contribution in [0.3, 0.4) is 0 Å². The van der Waals surface area contributed by atoms with Crippen molar-refractivity contribution in [3.8, 4) is 0 Å². The second kappa shape index (κ2) is 3.54. The molecule has 0 radical (unpaired) electrons. The number of hydrogen-bond donors (Lipinski definition) is 1. The van der Waals surface area contributed by atoms with Gasteiger partial charge in [-0.25, -0.2) is 14.8 Å². The zero-order valence-corrected chi connectivity index (χ0v) is 9.82. The molecule has 86 valence electrons. The van der Waals surface area contributed by atoms with Gasteiger partial charge < -0.3 is 5.11 Å². The first-order chi connectivity index (χ1) is 7.38. The van der Waals surface area contributed by atoms with Crippen LogP contribution in [0.2, 0.25) is 0 Å². The van der Waals surface area contributed by atoms with E-state index < -0.39 is 5.97 Å². The quantitative estimate of drug-likeness (QED) is 0.831. The summed E-state index contributed by atoms with van der Waals surface area (Å²) in [6, 6.07) is 1.58. The van der Waals surface area contributed by atoms with Gasteiger partial charge in [0.25, 0.3) is 0 Å². The summed E-state index contributed by atoms with van der Waals surface area (Å²) >= 11 is 0. The van der Waals surface area contributed by atoms with Crippen LogP contribution in [0.5, 0.6) is 0 Å². The Morgan fingerprint density at radius 1 is 1.38 bits per heavy atom. The second-order valence-electron chi connectivity index (χ2n) is 5.33. The highest BCUT2D eigenvalue weighted by atomic mass is 16.4. The van der Waals surface area contributed by atoms with Gasteiger partial charge in [-0.05, 0) is 18.9 Å². The lowest BCUT2D eigenvalue weighted by atomic mass is 9.91. The van der Waals surface area contributed by atoms with Crippen LogP contribution >= 0.6 is 0 Å². The molecular weight excluding hydrogens is 204 g/mol. The van der Waals surface area contributed by atoms with Crippen LogP contribution in [0.1, 0.15) is 61.5 Å². The fourth-order valence-corrected chi connectivity index (χ4v) is 1.48. The first-order valence-corrected chi connectivity index (χ1v) is 5.50. The molecule has 1 N–H and O–H groups in total. The van der Waals surface area contributed by atoms with Gasteiger partial charge in [-0.2, -0.15) is 0 Å². The van der Waals surface area contributed by atoms with E-state index >= 15 is 0 Å². The lowest BCUT2D eigenvalue weighted by molar-refractivity contribution is 0.0689. The SMILES string of the molecule is CC(C)(C)c1cc(C(=O)O)nc(C2CC2)n1. The van der Waals surface area contributed by atoms with Crippen molar-refractivity contribution in [2.45, 2.75) is 44.9 Å². The average molecular weight is 220 g/mol. The second-order valence-corrected chi connectivity index (χ2v) is 5.33. The summed E-state index contributed by atoms with van der Waals surface area (Å²) in [7, 11) is 0. The molecule has 0 saturated heterocycles. The van der Waals surface area contributed by atoms with E-state index in [4.69, 9.17) is 5.11 Å². The molecule has 1 fully saturated rings. The molecule has 1 aromatic heterocycles. The summed E-state index contributed by atoms with van der Waals surface area (Å²) < 4.78 is 0. The van der Waals surface area contributed by atoms with E-state index in [-0.39, 0.29) is 11.1 Å². The molecule has 1 aliphatic carbocycles. The molecule has 1 heterocycles. The Labute approximate surface area is 94.7 Å². The van der Waals surface area contributed by atoms with Crippen LogP contribution in [0.4, 0.5) is 0 Å². The minimum absolute atomic E-state index is 0.113. The molecule has 4 nitrogen and oxygen atoms in total. The molecule has 0 bridgehead atoms. The molecule has 1 aliphatic rings. The molecule has 0 unspecified atom stereocenters. The van der Waals surface area contributed by atoms with Crippen molar-refractivity contribution >= 4 is 5.97 Å². The number of hydrogen-bond acceptors (Lipinski definition) is 3. The van der Waals surface area contributed by atoms with Crippen molar-refractivity contribution in [3.05, 3.63) is 23.3 Å². The van der Waals surface area contributed by atoms with E-state index in [1.807, 2.05) is 20.8 Å². The smallest absolute Gasteiger partial charge is 0.354 e. The van der Waals surface area contributed by atoms with Crippen LogP contribution in [-0.2, 0) is 5.41 Å². The molecule has 0 amide bonds. The summed E-state index contributed by atoms with van der Waals surface area (Å²) in [6.07, 6.45) is 2.15. The zero-order valence-electron chi connectivity index (χ0n) is 9.82. The maximum Gasteiger partial charge on any atom is 0.354 e. The molecule has 1 aromatic rings. The minimum Gasteiger partial charge on any atom is -0.477 e. The third-order valence-corrected chi connectivity index (χ3v) is 2.67. The van der Waals surface area contributed by atoms with E-state index in [2.05, 4.69) is 9.97 Å². The molecule has 1 saturated carbocycles. The number of carboxylic acid groups (broad SMARTS) is 1. The molecule has 2 rings (SSSR count). The van der Waals surface area contributed by atoms with Crippen LogP contribution in [0.15, 0.2) is 6.07 Å². The lowest BCUT2D eigenvalue weighted by Gasteiger charge is -2.18. The van der Waals surface area contributed by atoms with Crippen molar-refractivity contribution in [2.24, 2.45) is 0 Å². The van der Waals surface area contributed by atoms with Crippen LogP contribution in [-0.4, -0.2) is 21.0 Å². The Kier molecular flexibility index (Phi) is 2.45. The van der Waals surface area contributed by atoms with Crippen LogP contribution < -0.4 is 0 Å². The predicted molar refractivity (Wildman–Crippen MR) is 59.7 cm³/mol. The molecule has 0 aliphatic heterocycles. The van der Waals surface area contributed by atoms with Gasteiger partial charge in [0.1, 0.15) is 5.82 Å². The summed E-state index contributed by atoms with van der Waals surface area (Å²) in [5, 5.41) is 9.01. The van der Waals surface area contributed by atoms with Gasteiger partial charge in [0.15, 0.2) is 5.69 Å². The number of aromatic carboxylic acids is 1. The number of carbonyl (C=O) groups is 1. The molecular formula is C12H16N2O2. The number of aromatic nitrogens is 2. The summed E-state index contributed by atoms with van der Waals surface area (Å²) in [5.74, 6) is 0.0972.